The average Bonchev–Trinajstić information content (AvgIpc) is 2.74. The van der Waals surface area contributed by atoms with Crippen molar-refractivity contribution in [1.29, 1.82) is 0 Å². The van der Waals surface area contributed by atoms with Crippen molar-refractivity contribution >= 4 is 23.2 Å². The predicted molar refractivity (Wildman–Crippen MR) is 61.1 cm³/mol. The van der Waals surface area contributed by atoms with Crippen LogP contribution in [-0.4, -0.2) is 19.0 Å². The monoisotopic (exact) mass is 224 g/mol. The third-order valence-corrected chi connectivity index (χ3v) is 2.89. The fraction of sp³-hybridized carbons (Fsp3) is 0.364. The van der Waals surface area contributed by atoms with E-state index in [4.69, 9.17) is 11.6 Å². The maximum absolute atomic E-state index is 11.8. The van der Waals surface area contributed by atoms with E-state index < -0.39 is 0 Å². The Hall–Kier alpha value is -1.06. The van der Waals surface area contributed by atoms with Crippen LogP contribution in [0.25, 0.3) is 0 Å². The van der Waals surface area contributed by atoms with E-state index in [0.717, 1.165) is 19.5 Å². The van der Waals surface area contributed by atoms with Gasteiger partial charge in [-0.2, -0.15) is 0 Å². The van der Waals surface area contributed by atoms with Gasteiger partial charge in [-0.15, -0.1) is 0 Å². The highest BCUT2D eigenvalue weighted by Gasteiger charge is 2.22. The van der Waals surface area contributed by atoms with Gasteiger partial charge in [0.15, 0.2) is 0 Å². The number of para-hydroxylation sites is 1. The van der Waals surface area contributed by atoms with Crippen LogP contribution in [0.2, 0.25) is 5.02 Å². The second-order valence-electron chi connectivity index (χ2n) is 3.66. The van der Waals surface area contributed by atoms with Crippen LogP contribution < -0.4 is 10.6 Å². The van der Waals surface area contributed by atoms with Crippen molar-refractivity contribution in [3.8, 4) is 0 Å². The molecule has 1 aromatic carbocycles. The Morgan fingerprint density at radius 3 is 2.93 bits per heavy atom. The van der Waals surface area contributed by atoms with E-state index in [1.54, 1.807) is 6.07 Å². The molecule has 0 aromatic heterocycles. The van der Waals surface area contributed by atoms with Crippen LogP contribution in [0.1, 0.15) is 6.42 Å². The van der Waals surface area contributed by atoms with Crippen LogP contribution in [0.15, 0.2) is 24.3 Å². The molecule has 0 saturated carbocycles. The number of benzene rings is 1. The molecule has 1 aliphatic heterocycles. The van der Waals surface area contributed by atoms with Crippen LogP contribution in [0.3, 0.4) is 0 Å². The SMILES string of the molecule is O=C(Nc1ccccc1Cl)C1CCNC1. The summed E-state index contributed by atoms with van der Waals surface area (Å²) in [6.07, 6.45) is 0.899. The number of hydrogen-bond acceptors (Lipinski definition) is 2. The highest BCUT2D eigenvalue weighted by Crippen LogP contribution is 2.21. The van der Waals surface area contributed by atoms with Crippen molar-refractivity contribution in [3.63, 3.8) is 0 Å². The summed E-state index contributed by atoms with van der Waals surface area (Å²) >= 11 is 5.94. The Kier molecular flexibility index (Phi) is 3.23. The van der Waals surface area contributed by atoms with Crippen LogP contribution in [-0.2, 0) is 4.79 Å². The maximum Gasteiger partial charge on any atom is 0.228 e. The topological polar surface area (TPSA) is 41.1 Å². The van der Waals surface area contributed by atoms with E-state index in [9.17, 15) is 4.79 Å². The standard InChI is InChI=1S/C11H13ClN2O/c12-9-3-1-2-4-10(9)14-11(15)8-5-6-13-7-8/h1-4,8,13H,5-7H2,(H,14,15). The van der Waals surface area contributed by atoms with E-state index in [1.165, 1.54) is 0 Å². The minimum absolute atomic E-state index is 0.0492. The Morgan fingerprint density at radius 2 is 2.27 bits per heavy atom. The summed E-state index contributed by atoms with van der Waals surface area (Å²) in [5, 5.41) is 6.58. The van der Waals surface area contributed by atoms with Crippen molar-refractivity contribution in [2.45, 2.75) is 6.42 Å². The molecule has 2 N–H and O–H groups in total. The lowest BCUT2D eigenvalue weighted by molar-refractivity contribution is -0.119. The van der Waals surface area contributed by atoms with Gasteiger partial charge in [0, 0.05) is 6.54 Å². The molecule has 1 amide bonds. The van der Waals surface area contributed by atoms with E-state index in [-0.39, 0.29) is 11.8 Å². The lowest BCUT2D eigenvalue weighted by Crippen LogP contribution is -2.24. The molecule has 1 aromatic rings. The highest BCUT2D eigenvalue weighted by atomic mass is 35.5. The van der Waals surface area contributed by atoms with Gasteiger partial charge in [0.25, 0.3) is 0 Å². The largest absolute Gasteiger partial charge is 0.324 e. The summed E-state index contributed by atoms with van der Waals surface area (Å²) in [6, 6.07) is 7.27. The first-order chi connectivity index (χ1) is 7.27. The van der Waals surface area contributed by atoms with Crippen molar-refractivity contribution in [3.05, 3.63) is 29.3 Å². The summed E-state index contributed by atoms with van der Waals surface area (Å²) in [5.74, 6) is 0.120. The first kappa shape index (κ1) is 10.5. The van der Waals surface area contributed by atoms with Gasteiger partial charge in [-0.05, 0) is 25.1 Å². The maximum atomic E-state index is 11.8. The number of anilines is 1. The first-order valence-electron chi connectivity index (χ1n) is 5.03. The zero-order valence-electron chi connectivity index (χ0n) is 8.29. The van der Waals surface area contributed by atoms with E-state index in [1.807, 2.05) is 18.2 Å². The molecule has 0 spiro atoms. The zero-order valence-corrected chi connectivity index (χ0v) is 9.05. The first-order valence-corrected chi connectivity index (χ1v) is 5.41. The second-order valence-corrected chi connectivity index (χ2v) is 4.07. The van der Waals surface area contributed by atoms with Crippen LogP contribution >= 0.6 is 11.6 Å². The van der Waals surface area contributed by atoms with Crippen molar-refractivity contribution in [2.75, 3.05) is 18.4 Å². The zero-order chi connectivity index (χ0) is 10.7. The number of nitrogens with one attached hydrogen (secondary N) is 2. The molecule has 1 fully saturated rings. The van der Waals surface area contributed by atoms with Gasteiger partial charge < -0.3 is 10.6 Å². The molecule has 1 unspecified atom stereocenters. The Morgan fingerprint density at radius 1 is 1.47 bits per heavy atom. The minimum Gasteiger partial charge on any atom is -0.324 e. The van der Waals surface area contributed by atoms with E-state index in [2.05, 4.69) is 10.6 Å². The van der Waals surface area contributed by atoms with Gasteiger partial charge in [-0.1, -0.05) is 23.7 Å². The van der Waals surface area contributed by atoms with Gasteiger partial charge in [0.1, 0.15) is 0 Å². The van der Waals surface area contributed by atoms with Gasteiger partial charge >= 0.3 is 0 Å². The average molecular weight is 225 g/mol. The van der Waals surface area contributed by atoms with Gasteiger partial charge in [0.05, 0.1) is 16.6 Å². The Balaban J connectivity index is 2.02. The molecule has 1 heterocycles. The van der Waals surface area contributed by atoms with Gasteiger partial charge in [-0.25, -0.2) is 0 Å². The fourth-order valence-electron chi connectivity index (χ4n) is 1.68. The summed E-state index contributed by atoms with van der Waals surface area (Å²) in [7, 11) is 0. The van der Waals surface area contributed by atoms with Crippen molar-refractivity contribution in [2.24, 2.45) is 5.92 Å². The summed E-state index contributed by atoms with van der Waals surface area (Å²) in [5.41, 5.74) is 0.691. The number of halogens is 1. The number of carbonyl (C=O) groups excluding carboxylic acids is 1. The molecule has 80 valence electrons. The lowest BCUT2D eigenvalue weighted by Gasteiger charge is -2.10. The molecule has 0 bridgehead atoms. The third kappa shape index (κ3) is 2.49. The quantitative estimate of drug-likeness (QED) is 0.806. The van der Waals surface area contributed by atoms with Crippen LogP contribution in [0.5, 0.6) is 0 Å². The molecule has 3 nitrogen and oxygen atoms in total. The smallest absolute Gasteiger partial charge is 0.228 e. The Bertz CT molecular complexity index is 361. The van der Waals surface area contributed by atoms with Crippen LogP contribution in [0, 0.1) is 5.92 Å². The number of hydrogen-bond donors (Lipinski definition) is 2. The fourth-order valence-corrected chi connectivity index (χ4v) is 1.86. The normalized spacial score (nSPS) is 20.2. The van der Waals surface area contributed by atoms with Crippen LogP contribution in [0.4, 0.5) is 5.69 Å². The molecule has 0 aliphatic carbocycles. The second kappa shape index (κ2) is 4.64. The van der Waals surface area contributed by atoms with Gasteiger partial charge in [0.2, 0.25) is 5.91 Å². The Labute approximate surface area is 93.8 Å². The number of rotatable bonds is 2. The summed E-state index contributed by atoms with van der Waals surface area (Å²) in [6.45, 7) is 1.68. The van der Waals surface area contributed by atoms with Crippen molar-refractivity contribution < 1.29 is 4.79 Å². The number of carbonyl (C=O) groups is 1. The van der Waals surface area contributed by atoms with Gasteiger partial charge in [-0.3, -0.25) is 4.79 Å². The molecule has 15 heavy (non-hydrogen) atoms. The van der Waals surface area contributed by atoms with E-state index >= 15 is 0 Å². The molecule has 1 aliphatic rings. The van der Waals surface area contributed by atoms with Crippen molar-refractivity contribution in [1.82, 2.24) is 5.32 Å². The van der Waals surface area contributed by atoms with E-state index in [0.29, 0.717) is 10.7 Å². The summed E-state index contributed by atoms with van der Waals surface area (Å²) in [4.78, 5) is 11.8. The number of amides is 1. The molecular formula is C11H13ClN2O. The predicted octanol–water partition coefficient (Wildman–Crippen LogP) is 1.89. The molecule has 2 rings (SSSR count). The molecular weight excluding hydrogens is 212 g/mol. The third-order valence-electron chi connectivity index (χ3n) is 2.56. The summed E-state index contributed by atoms with van der Waals surface area (Å²) < 4.78 is 0. The highest BCUT2D eigenvalue weighted by molar-refractivity contribution is 6.33. The molecule has 0 radical (unpaired) electrons. The molecule has 4 heteroatoms. The lowest BCUT2D eigenvalue weighted by atomic mass is 10.1. The molecule has 1 atom stereocenters. The molecule has 1 saturated heterocycles. The minimum atomic E-state index is 0.0492.